The van der Waals surface area contributed by atoms with E-state index < -0.39 is 18.0 Å². The van der Waals surface area contributed by atoms with Gasteiger partial charge in [0.2, 0.25) is 0 Å². The molecule has 108 valence electrons. The Morgan fingerprint density at radius 3 is 2.00 bits per heavy atom. The standard InChI is InChI=1S/C12H13Br2F3O2/c13-5-7-18-11(19-8-6-14)9-3-1-2-4-10(9)12(15,16)17/h1-4,11H,5-8H2. The molecule has 0 fully saturated rings. The minimum Gasteiger partial charge on any atom is -0.348 e. The molecule has 1 rings (SSSR count). The van der Waals surface area contributed by atoms with Gasteiger partial charge in [0.15, 0.2) is 6.29 Å². The van der Waals surface area contributed by atoms with Crippen LogP contribution in [0.3, 0.4) is 0 Å². The fraction of sp³-hybridized carbons (Fsp3) is 0.500. The summed E-state index contributed by atoms with van der Waals surface area (Å²) in [7, 11) is 0. The molecule has 19 heavy (non-hydrogen) atoms. The van der Waals surface area contributed by atoms with Crippen LogP contribution < -0.4 is 0 Å². The van der Waals surface area contributed by atoms with Crippen LogP contribution in [-0.2, 0) is 15.7 Å². The molecule has 0 radical (unpaired) electrons. The fourth-order valence-corrected chi connectivity index (χ4v) is 1.87. The van der Waals surface area contributed by atoms with Crippen molar-refractivity contribution in [3.05, 3.63) is 35.4 Å². The largest absolute Gasteiger partial charge is 0.416 e. The lowest BCUT2D eigenvalue weighted by atomic mass is 10.1. The third-order valence-corrected chi connectivity index (χ3v) is 2.86. The van der Waals surface area contributed by atoms with Gasteiger partial charge in [0.1, 0.15) is 0 Å². The van der Waals surface area contributed by atoms with Gasteiger partial charge in [-0.15, -0.1) is 0 Å². The van der Waals surface area contributed by atoms with Crippen LogP contribution in [0.25, 0.3) is 0 Å². The van der Waals surface area contributed by atoms with Gasteiger partial charge < -0.3 is 9.47 Å². The van der Waals surface area contributed by atoms with E-state index in [1.165, 1.54) is 18.2 Å². The molecular formula is C12H13Br2F3O2. The molecule has 0 bridgehead atoms. The van der Waals surface area contributed by atoms with E-state index in [0.29, 0.717) is 10.7 Å². The number of alkyl halides is 5. The van der Waals surface area contributed by atoms with Gasteiger partial charge in [-0.25, -0.2) is 0 Å². The van der Waals surface area contributed by atoms with Crippen molar-refractivity contribution >= 4 is 31.9 Å². The van der Waals surface area contributed by atoms with Gasteiger partial charge in [-0.05, 0) is 6.07 Å². The van der Waals surface area contributed by atoms with Crippen molar-refractivity contribution in [2.45, 2.75) is 12.5 Å². The molecule has 0 aliphatic carbocycles. The third kappa shape index (κ3) is 5.41. The minimum absolute atomic E-state index is 0.00287. The number of benzene rings is 1. The predicted molar refractivity (Wildman–Crippen MR) is 73.7 cm³/mol. The lowest BCUT2D eigenvalue weighted by Crippen LogP contribution is -2.17. The highest BCUT2D eigenvalue weighted by Gasteiger charge is 2.35. The molecule has 0 aliphatic heterocycles. The average Bonchev–Trinajstić information content (AvgIpc) is 2.38. The van der Waals surface area contributed by atoms with Crippen LogP contribution in [0, 0.1) is 0 Å². The minimum atomic E-state index is -4.43. The zero-order valence-corrected chi connectivity index (χ0v) is 13.1. The SMILES string of the molecule is FC(F)(F)c1ccccc1C(OCCBr)OCCBr. The van der Waals surface area contributed by atoms with E-state index >= 15 is 0 Å². The molecule has 0 aliphatic rings. The molecule has 2 nitrogen and oxygen atoms in total. The van der Waals surface area contributed by atoms with Crippen LogP contribution in [0.4, 0.5) is 13.2 Å². The number of ether oxygens (including phenoxy) is 2. The van der Waals surface area contributed by atoms with E-state index in [1.807, 2.05) is 0 Å². The normalized spacial score (nSPS) is 12.1. The molecule has 0 spiro atoms. The summed E-state index contributed by atoms with van der Waals surface area (Å²) in [4.78, 5) is 0. The van der Waals surface area contributed by atoms with Crippen LogP contribution in [0.1, 0.15) is 17.4 Å². The number of hydrogen-bond donors (Lipinski definition) is 0. The molecule has 0 saturated carbocycles. The zero-order valence-electron chi connectivity index (χ0n) is 9.92. The summed E-state index contributed by atoms with van der Waals surface area (Å²) < 4.78 is 49.4. The van der Waals surface area contributed by atoms with Gasteiger partial charge in [-0.3, -0.25) is 0 Å². The molecule has 0 amide bonds. The number of rotatable bonds is 7. The summed E-state index contributed by atoms with van der Waals surface area (Å²) in [6, 6.07) is 5.28. The first-order chi connectivity index (χ1) is 9.00. The summed E-state index contributed by atoms with van der Waals surface area (Å²) in [5, 5.41) is 1.05. The second kappa shape index (κ2) is 8.24. The maximum Gasteiger partial charge on any atom is 0.416 e. The van der Waals surface area contributed by atoms with Crippen LogP contribution in [0.5, 0.6) is 0 Å². The van der Waals surface area contributed by atoms with Gasteiger partial charge in [-0.1, -0.05) is 50.1 Å². The van der Waals surface area contributed by atoms with E-state index in [9.17, 15) is 13.2 Å². The lowest BCUT2D eigenvalue weighted by Gasteiger charge is -2.21. The first kappa shape index (κ1) is 16.9. The summed E-state index contributed by atoms with van der Waals surface area (Å²) >= 11 is 6.33. The Morgan fingerprint density at radius 1 is 1.00 bits per heavy atom. The average molecular weight is 406 g/mol. The Hall–Kier alpha value is -0.110. The molecule has 0 aromatic heterocycles. The molecule has 0 saturated heterocycles. The van der Waals surface area contributed by atoms with E-state index in [2.05, 4.69) is 31.9 Å². The second-order valence-electron chi connectivity index (χ2n) is 3.54. The Kier molecular flexibility index (Phi) is 7.35. The van der Waals surface area contributed by atoms with Gasteiger partial charge in [0.05, 0.1) is 18.8 Å². The number of hydrogen-bond acceptors (Lipinski definition) is 2. The smallest absolute Gasteiger partial charge is 0.348 e. The maximum absolute atomic E-state index is 12.9. The lowest BCUT2D eigenvalue weighted by molar-refractivity contribution is -0.157. The van der Waals surface area contributed by atoms with Crippen LogP contribution in [-0.4, -0.2) is 23.9 Å². The molecule has 0 N–H and O–H groups in total. The molecule has 0 unspecified atom stereocenters. The van der Waals surface area contributed by atoms with E-state index in [1.54, 1.807) is 0 Å². The molecule has 1 aromatic rings. The molecule has 1 aromatic carbocycles. The van der Waals surface area contributed by atoms with E-state index in [0.717, 1.165) is 6.07 Å². The Labute approximate surface area is 126 Å². The maximum atomic E-state index is 12.9. The Balaban J connectivity index is 3.00. The first-order valence-corrected chi connectivity index (χ1v) is 7.76. The Bertz CT molecular complexity index is 377. The van der Waals surface area contributed by atoms with Crippen molar-refractivity contribution in [1.82, 2.24) is 0 Å². The van der Waals surface area contributed by atoms with Gasteiger partial charge in [0.25, 0.3) is 0 Å². The van der Waals surface area contributed by atoms with Gasteiger partial charge >= 0.3 is 6.18 Å². The van der Waals surface area contributed by atoms with Gasteiger partial charge in [0, 0.05) is 16.2 Å². The Morgan fingerprint density at radius 2 is 1.53 bits per heavy atom. The topological polar surface area (TPSA) is 18.5 Å². The summed E-state index contributed by atoms with van der Waals surface area (Å²) in [5.41, 5.74) is -0.735. The molecule has 0 atom stereocenters. The monoisotopic (exact) mass is 404 g/mol. The molecule has 7 heteroatoms. The predicted octanol–water partition coefficient (Wildman–Crippen LogP) is 4.53. The van der Waals surface area contributed by atoms with Crippen LogP contribution in [0.2, 0.25) is 0 Å². The highest BCUT2D eigenvalue weighted by molar-refractivity contribution is 9.09. The van der Waals surface area contributed by atoms with Crippen molar-refractivity contribution in [3.63, 3.8) is 0 Å². The highest BCUT2D eigenvalue weighted by atomic mass is 79.9. The quantitative estimate of drug-likeness (QED) is 0.490. The van der Waals surface area contributed by atoms with Crippen LogP contribution >= 0.6 is 31.9 Å². The van der Waals surface area contributed by atoms with Crippen molar-refractivity contribution in [3.8, 4) is 0 Å². The number of halogens is 5. The highest BCUT2D eigenvalue weighted by Crippen LogP contribution is 2.35. The zero-order chi connectivity index (χ0) is 14.3. The van der Waals surface area contributed by atoms with E-state index in [-0.39, 0.29) is 18.8 Å². The summed E-state index contributed by atoms with van der Waals surface area (Å²) in [6.45, 7) is 0.526. The summed E-state index contributed by atoms with van der Waals surface area (Å²) in [5.74, 6) is 0. The third-order valence-electron chi connectivity index (χ3n) is 2.21. The van der Waals surface area contributed by atoms with Crippen LogP contribution in [0.15, 0.2) is 24.3 Å². The van der Waals surface area contributed by atoms with Gasteiger partial charge in [-0.2, -0.15) is 13.2 Å². The van der Waals surface area contributed by atoms with Crippen molar-refractivity contribution in [2.75, 3.05) is 23.9 Å². The second-order valence-corrected chi connectivity index (χ2v) is 5.12. The van der Waals surface area contributed by atoms with Crippen molar-refractivity contribution < 1.29 is 22.6 Å². The summed E-state index contributed by atoms with van der Waals surface area (Å²) in [6.07, 6.45) is -5.45. The van der Waals surface area contributed by atoms with Crippen molar-refractivity contribution in [2.24, 2.45) is 0 Å². The van der Waals surface area contributed by atoms with Crippen molar-refractivity contribution in [1.29, 1.82) is 0 Å². The van der Waals surface area contributed by atoms with E-state index in [4.69, 9.17) is 9.47 Å². The molecule has 0 heterocycles. The fourth-order valence-electron chi connectivity index (χ4n) is 1.49. The first-order valence-electron chi connectivity index (χ1n) is 5.52. The molecular weight excluding hydrogens is 393 g/mol.